The van der Waals surface area contributed by atoms with Crippen molar-refractivity contribution in [3.63, 3.8) is 0 Å². The summed E-state index contributed by atoms with van der Waals surface area (Å²) in [6.45, 7) is 1.32. The second kappa shape index (κ2) is 7.63. The summed E-state index contributed by atoms with van der Waals surface area (Å²) < 4.78 is 42.4. The first-order valence-electron chi connectivity index (χ1n) is 7.44. The maximum absolute atomic E-state index is 12.3. The van der Waals surface area contributed by atoms with Crippen LogP contribution in [0.1, 0.15) is 31.2 Å². The Morgan fingerprint density at radius 3 is 2.59 bits per heavy atom. The first-order chi connectivity index (χ1) is 10.4. The molecule has 0 saturated carbocycles. The zero-order valence-electron chi connectivity index (χ0n) is 12.3. The SMILES string of the molecule is O=C(CCC(F)(F)F)N(Cc1ccccc1)C[C@@H]1CCCO1. The van der Waals surface area contributed by atoms with Crippen molar-refractivity contribution in [1.29, 1.82) is 0 Å². The molecule has 6 heteroatoms. The van der Waals surface area contributed by atoms with Crippen LogP contribution in [0.5, 0.6) is 0 Å². The molecule has 22 heavy (non-hydrogen) atoms. The van der Waals surface area contributed by atoms with Crippen molar-refractivity contribution in [1.82, 2.24) is 4.90 Å². The van der Waals surface area contributed by atoms with Crippen LogP contribution < -0.4 is 0 Å². The lowest BCUT2D eigenvalue weighted by molar-refractivity contribution is -0.150. The van der Waals surface area contributed by atoms with Crippen LogP contribution in [0.2, 0.25) is 0 Å². The fourth-order valence-electron chi connectivity index (χ4n) is 2.50. The van der Waals surface area contributed by atoms with E-state index in [1.54, 1.807) is 0 Å². The number of ether oxygens (including phenoxy) is 1. The lowest BCUT2D eigenvalue weighted by Crippen LogP contribution is -2.37. The first kappa shape index (κ1) is 16.8. The van der Waals surface area contributed by atoms with E-state index in [0.717, 1.165) is 18.4 Å². The van der Waals surface area contributed by atoms with E-state index in [-0.39, 0.29) is 6.10 Å². The lowest BCUT2D eigenvalue weighted by atomic mass is 10.1. The smallest absolute Gasteiger partial charge is 0.376 e. The zero-order valence-corrected chi connectivity index (χ0v) is 12.3. The molecule has 1 aromatic rings. The van der Waals surface area contributed by atoms with Gasteiger partial charge in [0.1, 0.15) is 0 Å². The van der Waals surface area contributed by atoms with Gasteiger partial charge in [0, 0.05) is 26.1 Å². The molecule has 0 unspecified atom stereocenters. The van der Waals surface area contributed by atoms with Crippen LogP contribution in [-0.4, -0.2) is 36.2 Å². The zero-order chi connectivity index (χ0) is 16.0. The minimum absolute atomic E-state index is 0.0708. The van der Waals surface area contributed by atoms with E-state index in [0.29, 0.717) is 19.7 Å². The third kappa shape index (κ3) is 5.67. The fraction of sp³-hybridized carbons (Fsp3) is 0.562. The number of alkyl halides is 3. The highest BCUT2D eigenvalue weighted by Gasteiger charge is 2.30. The van der Waals surface area contributed by atoms with Crippen LogP contribution in [0.4, 0.5) is 13.2 Å². The van der Waals surface area contributed by atoms with E-state index in [9.17, 15) is 18.0 Å². The van der Waals surface area contributed by atoms with Crippen molar-refractivity contribution in [2.24, 2.45) is 0 Å². The third-order valence-corrected chi connectivity index (χ3v) is 3.64. The van der Waals surface area contributed by atoms with Crippen LogP contribution in [0, 0.1) is 0 Å². The second-order valence-corrected chi connectivity index (χ2v) is 5.51. The fourth-order valence-corrected chi connectivity index (χ4v) is 2.50. The Kier molecular flexibility index (Phi) is 5.83. The Morgan fingerprint density at radius 1 is 1.27 bits per heavy atom. The average molecular weight is 315 g/mol. The molecular formula is C16H20F3NO2. The summed E-state index contributed by atoms with van der Waals surface area (Å²) in [4.78, 5) is 13.6. The minimum atomic E-state index is -4.31. The molecule has 1 aromatic carbocycles. The highest BCUT2D eigenvalue weighted by atomic mass is 19.4. The molecule has 1 atom stereocenters. The van der Waals surface area contributed by atoms with Gasteiger partial charge in [-0.1, -0.05) is 30.3 Å². The number of halogens is 3. The van der Waals surface area contributed by atoms with Gasteiger partial charge in [-0.15, -0.1) is 0 Å². The first-order valence-corrected chi connectivity index (χ1v) is 7.44. The van der Waals surface area contributed by atoms with E-state index in [2.05, 4.69) is 0 Å². The third-order valence-electron chi connectivity index (χ3n) is 3.64. The van der Waals surface area contributed by atoms with Crippen molar-refractivity contribution < 1.29 is 22.7 Å². The van der Waals surface area contributed by atoms with Gasteiger partial charge in [0.05, 0.1) is 12.5 Å². The number of carbonyl (C=O) groups excluding carboxylic acids is 1. The van der Waals surface area contributed by atoms with E-state index in [4.69, 9.17) is 4.74 Å². The maximum Gasteiger partial charge on any atom is 0.389 e. The van der Waals surface area contributed by atoms with Crippen LogP contribution in [0.25, 0.3) is 0 Å². The van der Waals surface area contributed by atoms with Crippen LogP contribution >= 0.6 is 0 Å². The predicted molar refractivity (Wildman–Crippen MR) is 76.1 cm³/mol. The highest BCUT2D eigenvalue weighted by molar-refractivity contribution is 5.76. The summed E-state index contributed by atoms with van der Waals surface area (Å²) in [5, 5.41) is 0. The molecule has 122 valence electrons. The van der Waals surface area contributed by atoms with E-state index < -0.39 is 24.9 Å². The minimum Gasteiger partial charge on any atom is -0.376 e. The van der Waals surface area contributed by atoms with Crippen molar-refractivity contribution in [2.75, 3.05) is 13.2 Å². The summed E-state index contributed by atoms with van der Waals surface area (Å²) in [5.41, 5.74) is 0.904. The lowest BCUT2D eigenvalue weighted by Gasteiger charge is -2.26. The Labute approximate surface area is 128 Å². The molecule has 0 radical (unpaired) electrons. The van der Waals surface area contributed by atoms with Gasteiger partial charge in [0.25, 0.3) is 0 Å². The number of benzene rings is 1. The van der Waals surface area contributed by atoms with Gasteiger partial charge in [0.15, 0.2) is 0 Å². The molecular weight excluding hydrogens is 295 g/mol. The summed E-state index contributed by atoms with van der Waals surface area (Å²) in [6.07, 6.45) is -4.19. The number of amides is 1. The average Bonchev–Trinajstić information content (AvgIpc) is 2.97. The summed E-state index contributed by atoms with van der Waals surface area (Å²) in [5.74, 6) is -0.475. The molecule has 1 saturated heterocycles. The molecule has 1 amide bonds. The van der Waals surface area contributed by atoms with Crippen LogP contribution in [0.3, 0.4) is 0 Å². The Hall–Kier alpha value is -1.56. The highest BCUT2D eigenvalue weighted by Crippen LogP contribution is 2.23. The van der Waals surface area contributed by atoms with E-state index >= 15 is 0 Å². The standard InChI is InChI=1S/C16H20F3NO2/c17-16(18,19)9-8-15(21)20(12-14-7-4-10-22-14)11-13-5-2-1-3-6-13/h1-3,5-6,14H,4,7-12H2/t14-/m0/s1. The van der Waals surface area contributed by atoms with Crippen LogP contribution in [0.15, 0.2) is 30.3 Å². The van der Waals surface area contributed by atoms with Crippen molar-refractivity contribution in [3.8, 4) is 0 Å². The molecule has 0 aliphatic carbocycles. The topological polar surface area (TPSA) is 29.5 Å². The molecule has 0 N–H and O–H groups in total. The van der Waals surface area contributed by atoms with Crippen LogP contribution in [-0.2, 0) is 16.1 Å². The van der Waals surface area contributed by atoms with Crippen molar-refractivity contribution >= 4 is 5.91 Å². The maximum atomic E-state index is 12.3. The Balaban J connectivity index is 1.98. The largest absolute Gasteiger partial charge is 0.389 e. The molecule has 1 heterocycles. The molecule has 2 rings (SSSR count). The van der Waals surface area contributed by atoms with E-state index in [1.165, 1.54) is 4.90 Å². The second-order valence-electron chi connectivity index (χ2n) is 5.51. The number of nitrogens with zero attached hydrogens (tertiary/aromatic N) is 1. The van der Waals surface area contributed by atoms with Gasteiger partial charge in [-0.3, -0.25) is 4.79 Å². The molecule has 3 nitrogen and oxygen atoms in total. The quantitative estimate of drug-likeness (QED) is 0.803. The van der Waals surface area contributed by atoms with Gasteiger partial charge < -0.3 is 9.64 Å². The monoisotopic (exact) mass is 315 g/mol. The Morgan fingerprint density at radius 2 is 2.00 bits per heavy atom. The van der Waals surface area contributed by atoms with E-state index in [1.807, 2.05) is 30.3 Å². The van der Waals surface area contributed by atoms with Crippen molar-refractivity contribution in [2.45, 2.75) is 44.5 Å². The summed E-state index contributed by atoms with van der Waals surface area (Å²) in [7, 11) is 0. The number of hydrogen-bond donors (Lipinski definition) is 0. The van der Waals surface area contributed by atoms with Gasteiger partial charge in [0.2, 0.25) is 5.91 Å². The summed E-state index contributed by atoms with van der Waals surface area (Å²) >= 11 is 0. The molecule has 1 aliphatic rings. The molecule has 0 spiro atoms. The number of carbonyl (C=O) groups is 1. The molecule has 0 bridgehead atoms. The van der Waals surface area contributed by atoms with Crippen molar-refractivity contribution in [3.05, 3.63) is 35.9 Å². The number of hydrogen-bond acceptors (Lipinski definition) is 2. The number of rotatable bonds is 6. The van der Waals surface area contributed by atoms with Gasteiger partial charge in [-0.25, -0.2) is 0 Å². The molecule has 1 fully saturated rings. The summed E-state index contributed by atoms with van der Waals surface area (Å²) in [6, 6.07) is 9.28. The van der Waals surface area contributed by atoms with Gasteiger partial charge >= 0.3 is 6.18 Å². The molecule has 0 aromatic heterocycles. The predicted octanol–water partition coefficient (Wildman–Crippen LogP) is 3.54. The van der Waals surface area contributed by atoms with Gasteiger partial charge in [-0.2, -0.15) is 13.2 Å². The normalized spacial score (nSPS) is 18.4. The molecule has 1 aliphatic heterocycles. The Bertz CT molecular complexity index is 470. The van der Waals surface area contributed by atoms with Gasteiger partial charge in [-0.05, 0) is 18.4 Å².